The first kappa shape index (κ1) is 11.8. The van der Waals surface area contributed by atoms with Crippen molar-refractivity contribution in [3.8, 4) is 11.4 Å². The molecule has 6 nitrogen and oxygen atoms in total. The van der Waals surface area contributed by atoms with Crippen LogP contribution in [0, 0.1) is 0 Å². The molecule has 3 heterocycles. The fraction of sp³-hybridized carbons (Fsp3) is 0.455. The van der Waals surface area contributed by atoms with E-state index in [2.05, 4.69) is 10.1 Å². The molecule has 3 rings (SSSR count). The fourth-order valence-corrected chi connectivity index (χ4v) is 2.63. The highest BCUT2D eigenvalue weighted by atomic mass is 32.1. The molecule has 2 unspecified atom stereocenters. The van der Waals surface area contributed by atoms with E-state index in [1.807, 2.05) is 21.7 Å². The Balaban J connectivity index is 1.68. The van der Waals surface area contributed by atoms with E-state index < -0.39 is 12.2 Å². The smallest absolute Gasteiger partial charge is 0.241 e. The molecule has 0 aromatic carbocycles. The first-order valence-electron chi connectivity index (χ1n) is 5.66. The van der Waals surface area contributed by atoms with Crippen LogP contribution in [0.2, 0.25) is 0 Å². The molecule has 0 amide bonds. The molecule has 7 heteroatoms. The molecule has 0 saturated carbocycles. The number of hydrogen-bond acceptors (Lipinski definition) is 7. The van der Waals surface area contributed by atoms with Crippen molar-refractivity contribution in [3.05, 3.63) is 22.7 Å². The third-order valence-corrected chi connectivity index (χ3v) is 3.62. The average Bonchev–Trinajstić information content (AvgIpc) is 3.02. The van der Waals surface area contributed by atoms with Crippen LogP contribution in [-0.4, -0.2) is 50.6 Å². The number of likely N-dealkylation sites (tertiary alicyclic amines) is 1. The van der Waals surface area contributed by atoms with Crippen LogP contribution in [0.25, 0.3) is 11.4 Å². The third kappa shape index (κ3) is 2.30. The zero-order chi connectivity index (χ0) is 12.5. The van der Waals surface area contributed by atoms with Gasteiger partial charge in [-0.1, -0.05) is 5.16 Å². The summed E-state index contributed by atoms with van der Waals surface area (Å²) in [6.45, 7) is 1.31. The highest BCUT2D eigenvalue weighted by Crippen LogP contribution is 2.20. The third-order valence-electron chi connectivity index (χ3n) is 2.94. The summed E-state index contributed by atoms with van der Waals surface area (Å²) >= 11 is 1.58. The Bertz CT molecular complexity index is 503. The van der Waals surface area contributed by atoms with Crippen molar-refractivity contribution in [3.63, 3.8) is 0 Å². The summed E-state index contributed by atoms with van der Waals surface area (Å²) in [6, 6.07) is 1.93. The van der Waals surface area contributed by atoms with Crippen LogP contribution < -0.4 is 0 Å². The molecule has 18 heavy (non-hydrogen) atoms. The van der Waals surface area contributed by atoms with Gasteiger partial charge < -0.3 is 14.7 Å². The maximum absolute atomic E-state index is 9.44. The Morgan fingerprint density at radius 1 is 1.39 bits per heavy atom. The van der Waals surface area contributed by atoms with Crippen molar-refractivity contribution in [2.24, 2.45) is 0 Å². The number of hydrogen-bond donors (Lipinski definition) is 2. The number of aliphatic hydroxyl groups excluding tert-OH is 2. The molecule has 0 bridgehead atoms. The molecule has 96 valence electrons. The van der Waals surface area contributed by atoms with E-state index in [1.54, 1.807) is 11.3 Å². The maximum atomic E-state index is 9.44. The molecule has 2 aromatic heterocycles. The standard InChI is InChI=1S/C11H13N3O3S/c15-8-3-14(4-9(8)16)5-10-12-11(13-17-10)7-1-2-18-6-7/h1-2,6,8-9,15-16H,3-5H2. The van der Waals surface area contributed by atoms with Gasteiger partial charge >= 0.3 is 0 Å². The fourth-order valence-electron chi connectivity index (χ4n) is 2.00. The van der Waals surface area contributed by atoms with E-state index in [0.717, 1.165) is 5.56 Å². The van der Waals surface area contributed by atoms with E-state index in [9.17, 15) is 10.2 Å². The minimum absolute atomic E-state index is 0.428. The van der Waals surface area contributed by atoms with E-state index in [-0.39, 0.29) is 0 Å². The highest BCUT2D eigenvalue weighted by molar-refractivity contribution is 7.08. The largest absolute Gasteiger partial charge is 0.389 e. The van der Waals surface area contributed by atoms with Crippen LogP contribution in [0.5, 0.6) is 0 Å². The monoisotopic (exact) mass is 267 g/mol. The molecule has 2 N–H and O–H groups in total. The van der Waals surface area contributed by atoms with Gasteiger partial charge in [0.2, 0.25) is 11.7 Å². The Morgan fingerprint density at radius 3 is 2.83 bits per heavy atom. The minimum Gasteiger partial charge on any atom is -0.389 e. The van der Waals surface area contributed by atoms with Crippen molar-refractivity contribution in [1.82, 2.24) is 15.0 Å². The molecule has 1 saturated heterocycles. The zero-order valence-electron chi connectivity index (χ0n) is 9.56. The second-order valence-corrected chi connectivity index (χ2v) is 5.13. The Morgan fingerprint density at radius 2 is 2.17 bits per heavy atom. The van der Waals surface area contributed by atoms with Gasteiger partial charge in [0.05, 0.1) is 18.8 Å². The van der Waals surface area contributed by atoms with E-state index in [4.69, 9.17) is 4.52 Å². The van der Waals surface area contributed by atoms with Gasteiger partial charge in [0, 0.05) is 24.0 Å². The number of aliphatic hydroxyl groups is 2. The first-order valence-corrected chi connectivity index (χ1v) is 6.60. The van der Waals surface area contributed by atoms with Gasteiger partial charge in [-0.2, -0.15) is 16.3 Å². The van der Waals surface area contributed by atoms with Crippen molar-refractivity contribution >= 4 is 11.3 Å². The lowest BCUT2D eigenvalue weighted by Crippen LogP contribution is -2.22. The number of aromatic nitrogens is 2. The van der Waals surface area contributed by atoms with Gasteiger partial charge in [0.25, 0.3) is 0 Å². The summed E-state index contributed by atoms with van der Waals surface area (Å²) in [5, 5.41) is 26.7. The van der Waals surface area contributed by atoms with Gasteiger partial charge in [-0.3, -0.25) is 4.90 Å². The first-order chi connectivity index (χ1) is 8.72. The molecule has 0 aliphatic carbocycles. The van der Waals surface area contributed by atoms with Gasteiger partial charge in [0.1, 0.15) is 0 Å². The Kier molecular flexibility index (Phi) is 3.13. The quantitative estimate of drug-likeness (QED) is 0.834. The molecule has 0 spiro atoms. The number of β-amino-alcohol motifs (C(OH)–C–C–N with tert-alkyl or cyclic N) is 2. The second-order valence-electron chi connectivity index (χ2n) is 4.35. The van der Waals surface area contributed by atoms with Gasteiger partial charge in [-0.25, -0.2) is 0 Å². The van der Waals surface area contributed by atoms with Crippen LogP contribution in [0.15, 0.2) is 21.3 Å². The average molecular weight is 267 g/mol. The number of nitrogens with zero attached hydrogens (tertiary/aromatic N) is 3. The van der Waals surface area contributed by atoms with Crippen LogP contribution in [0.4, 0.5) is 0 Å². The van der Waals surface area contributed by atoms with Gasteiger partial charge in [0.15, 0.2) is 0 Å². The Labute approximate surface area is 107 Å². The van der Waals surface area contributed by atoms with Crippen molar-refractivity contribution in [1.29, 1.82) is 0 Å². The molecular formula is C11H13N3O3S. The summed E-state index contributed by atoms with van der Waals surface area (Å²) < 4.78 is 5.16. The summed E-state index contributed by atoms with van der Waals surface area (Å²) in [5.74, 6) is 1.07. The number of rotatable bonds is 3. The summed E-state index contributed by atoms with van der Waals surface area (Å²) in [4.78, 5) is 6.18. The minimum atomic E-state index is -0.690. The van der Waals surface area contributed by atoms with Crippen LogP contribution in [-0.2, 0) is 6.54 Å². The van der Waals surface area contributed by atoms with Crippen LogP contribution in [0.3, 0.4) is 0 Å². The van der Waals surface area contributed by atoms with Crippen molar-refractivity contribution in [2.45, 2.75) is 18.8 Å². The van der Waals surface area contributed by atoms with Crippen molar-refractivity contribution in [2.75, 3.05) is 13.1 Å². The van der Waals surface area contributed by atoms with E-state index >= 15 is 0 Å². The van der Waals surface area contributed by atoms with E-state index in [1.165, 1.54) is 0 Å². The van der Waals surface area contributed by atoms with Crippen molar-refractivity contribution < 1.29 is 14.7 Å². The lowest BCUT2D eigenvalue weighted by atomic mass is 10.3. The molecule has 1 fully saturated rings. The normalized spacial score (nSPS) is 24.8. The highest BCUT2D eigenvalue weighted by Gasteiger charge is 2.30. The molecule has 2 atom stereocenters. The predicted molar refractivity (Wildman–Crippen MR) is 64.9 cm³/mol. The number of thiophene rings is 1. The second kappa shape index (κ2) is 4.77. The van der Waals surface area contributed by atoms with Gasteiger partial charge in [-0.05, 0) is 11.4 Å². The van der Waals surface area contributed by atoms with Crippen LogP contribution >= 0.6 is 11.3 Å². The predicted octanol–water partition coefficient (Wildman–Crippen LogP) is 0.335. The zero-order valence-corrected chi connectivity index (χ0v) is 10.4. The Hall–Kier alpha value is -1.28. The van der Waals surface area contributed by atoms with E-state index in [0.29, 0.717) is 31.3 Å². The molecule has 1 aliphatic rings. The van der Waals surface area contributed by atoms with Crippen LogP contribution in [0.1, 0.15) is 5.89 Å². The maximum Gasteiger partial charge on any atom is 0.241 e. The summed E-state index contributed by atoms with van der Waals surface area (Å²) in [5.41, 5.74) is 0.941. The summed E-state index contributed by atoms with van der Waals surface area (Å²) in [7, 11) is 0. The lowest BCUT2D eigenvalue weighted by Gasteiger charge is -2.10. The topological polar surface area (TPSA) is 82.6 Å². The summed E-state index contributed by atoms with van der Waals surface area (Å²) in [6.07, 6.45) is -1.38. The molecule has 2 aromatic rings. The molecule has 0 radical (unpaired) electrons. The SMILES string of the molecule is OC1CN(Cc2nc(-c3ccsc3)no2)CC1O. The lowest BCUT2D eigenvalue weighted by molar-refractivity contribution is 0.0572. The molecule has 1 aliphatic heterocycles. The molecular weight excluding hydrogens is 254 g/mol. The van der Waals surface area contributed by atoms with Gasteiger partial charge in [-0.15, -0.1) is 0 Å².